The van der Waals surface area contributed by atoms with Crippen LogP contribution in [0, 0.1) is 6.92 Å². The summed E-state index contributed by atoms with van der Waals surface area (Å²) in [5.41, 5.74) is 2.45. The van der Waals surface area contributed by atoms with Gasteiger partial charge in [0.2, 0.25) is 0 Å². The quantitative estimate of drug-likeness (QED) is 0.728. The predicted octanol–water partition coefficient (Wildman–Crippen LogP) is 4.92. The van der Waals surface area contributed by atoms with Gasteiger partial charge in [-0.3, -0.25) is 0 Å². The van der Waals surface area contributed by atoms with E-state index in [9.17, 15) is 5.11 Å². The summed E-state index contributed by atoms with van der Waals surface area (Å²) in [4.78, 5) is 0. The highest BCUT2D eigenvalue weighted by Crippen LogP contribution is 2.32. The van der Waals surface area contributed by atoms with Crippen molar-refractivity contribution in [3.8, 4) is 5.75 Å². The van der Waals surface area contributed by atoms with Gasteiger partial charge < -0.3 is 5.11 Å². The van der Waals surface area contributed by atoms with Crippen molar-refractivity contribution in [2.75, 3.05) is 0 Å². The molecule has 94 valence electrons. The van der Waals surface area contributed by atoms with Crippen LogP contribution >= 0.6 is 0 Å². The summed E-state index contributed by atoms with van der Waals surface area (Å²) >= 11 is 0. The summed E-state index contributed by atoms with van der Waals surface area (Å²) in [5.74, 6) is 1.14. The normalized spacial score (nSPS) is 19.4. The van der Waals surface area contributed by atoms with Gasteiger partial charge in [-0.1, -0.05) is 50.7 Å². The van der Waals surface area contributed by atoms with Gasteiger partial charge in [-0.05, 0) is 42.9 Å². The fourth-order valence-corrected chi connectivity index (χ4v) is 2.90. The first-order valence-electron chi connectivity index (χ1n) is 7.07. The molecule has 1 aromatic carbocycles. The zero-order chi connectivity index (χ0) is 12.1. The first-order chi connectivity index (χ1) is 8.27. The molecule has 0 aliphatic heterocycles. The van der Waals surface area contributed by atoms with E-state index in [1.54, 1.807) is 0 Å². The molecule has 0 aromatic heterocycles. The molecule has 1 fully saturated rings. The van der Waals surface area contributed by atoms with Gasteiger partial charge in [-0.25, -0.2) is 0 Å². The second-order valence-electron chi connectivity index (χ2n) is 5.44. The summed E-state index contributed by atoms with van der Waals surface area (Å²) in [6.45, 7) is 1.99. The molecule has 2 rings (SSSR count). The van der Waals surface area contributed by atoms with Crippen LogP contribution in [0.15, 0.2) is 18.2 Å². The minimum atomic E-state index is 0.428. The van der Waals surface area contributed by atoms with Gasteiger partial charge in [0.1, 0.15) is 5.75 Å². The summed E-state index contributed by atoms with van der Waals surface area (Å²) < 4.78 is 0. The van der Waals surface area contributed by atoms with E-state index in [0.29, 0.717) is 11.7 Å². The van der Waals surface area contributed by atoms with E-state index in [0.717, 1.165) is 5.56 Å². The van der Waals surface area contributed by atoms with Crippen molar-refractivity contribution in [1.82, 2.24) is 0 Å². The predicted molar refractivity (Wildman–Crippen MR) is 72.5 cm³/mol. The molecule has 1 nitrogen and oxygen atoms in total. The lowest BCUT2D eigenvalue weighted by molar-refractivity contribution is 0.469. The number of hydrogen-bond donors (Lipinski definition) is 1. The smallest absolute Gasteiger partial charge is 0.118 e. The van der Waals surface area contributed by atoms with Crippen molar-refractivity contribution in [2.24, 2.45) is 0 Å². The Labute approximate surface area is 105 Å². The van der Waals surface area contributed by atoms with Crippen molar-refractivity contribution in [3.05, 3.63) is 29.3 Å². The third-order valence-corrected chi connectivity index (χ3v) is 4.05. The van der Waals surface area contributed by atoms with Crippen LogP contribution in [0.25, 0.3) is 0 Å². The van der Waals surface area contributed by atoms with E-state index < -0.39 is 0 Å². The SMILES string of the molecule is Cc1cc(C2CCCCCCCC2)ccc1O. The average Bonchev–Trinajstić information content (AvgIpc) is 2.46. The number of aromatic hydroxyl groups is 1. The Morgan fingerprint density at radius 3 is 2.12 bits per heavy atom. The number of hydrogen-bond acceptors (Lipinski definition) is 1. The Hall–Kier alpha value is -0.980. The Morgan fingerprint density at radius 2 is 1.53 bits per heavy atom. The molecule has 0 amide bonds. The molecule has 17 heavy (non-hydrogen) atoms. The molecular formula is C16H24O. The molecule has 1 aromatic rings. The summed E-state index contributed by atoms with van der Waals surface area (Å²) in [6.07, 6.45) is 11.0. The minimum Gasteiger partial charge on any atom is -0.508 e. The van der Waals surface area contributed by atoms with Crippen molar-refractivity contribution >= 4 is 0 Å². The zero-order valence-electron chi connectivity index (χ0n) is 10.9. The number of phenols is 1. The van der Waals surface area contributed by atoms with Crippen molar-refractivity contribution in [1.29, 1.82) is 0 Å². The summed E-state index contributed by atoms with van der Waals surface area (Å²) in [5, 5.41) is 9.59. The Bertz CT molecular complexity index is 347. The second-order valence-corrected chi connectivity index (χ2v) is 5.44. The molecule has 0 unspecified atom stereocenters. The van der Waals surface area contributed by atoms with Gasteiger partial charge in [-0.15, -0.1) is 0 Å². The Balaban J connectivity index is 2.09. The average molecular weight is 232 g/mol. The lowest BCUT2D eigenvalue weighted by Gasteiger charge is -2.17. The number of rotatable bonds is 1. The van der Waals surface area contributed by atoms with Crippen LogP contribution in [0.4, 0.5) is 0 Å². The van der Waals surface area contributed by atoms with E-state index in [2.05, 4.69) is 12.1 Å². The molecule has 0 atom stereocenters. The van der Waals surface area contributed by atoms with E-state index in [1.807, 2.05) is 13.0 Å². The van der Waals surface area contributed by atoms with Gasteiger partial charge >= 0.3 is 0 Å². The maximum Gasteiger partial charge on any atom is 0.118 e. The summed E-state index contributed by atoms with van der Waals surface area (Å²) in [6, 6.07) is 6.15. The molecule has 1 aliphatic carbocycles. The van der Waals surface area contributed by atoms with Crippen molar-refractivity contribution < 1.29 is 5.11 Å². The van der Waals surface area contributed by atoms with Crippen molar-refractivity contribution in [3.63, 3.8) is 0 Å². The van der Waals surface area contributed by atoms with Gasteiger partial charge in [-0.2, -0.15) is 0 Å². The van der Waals surface area contributed by atoms with Gasteiger partial charge in [0.15, 0.2) is 0 Å². The van der Waals surface area contributed by atoms with E-state index in [4.69, 9.17) is 0 Å². The van der Waals surface area contributed by atoms with E-state index in [1.165, 1.54) is 56.9 Å². The lowest BCUT2D eigenvalue weighted by atomic mass is 9.89. The topological polar surface area (TPSA) is 20.2 Å². The zero-order valence-corrected chi connectivity index (χ0v) is 10.9. The van der Waals surface area contributed by atoms with Gasteiger partial charge in [0, 0.05) is 0 Å². The lowest BCUT2D eigenvalue weighted by Crippen LogP contribution is -1.99. The fourth-order valence-electron chi connectivity index (χ4n) is 2.90. The van der Waals surface area contributed by atoms with E-state index in [-0.39, 0.29) is 0 Å². The molecular weight excluding hydrogens is 208 g/mol. The highest BCUT2D eigenvalue weighted by molar-refractivity contribution is 5.36. The van der Waals surface area contributed by atoms with Gasteiger partial charge in [0.25, 0.3) is 0 Å². The second kappa shape index (κ2) is 6.09. The van der Waals surface area contributed by atoms with Crippen LogP contribution in [-0.4, -0.2) is 5.11 Å². The highest BCUT2D eigenvalue weighted by Gasteiger charge is 2.13. The Morgan fingerprint density at radius 1 is 0.941 bits per heavy atom. The molecule has 1 aliphatic rings. The largest absolute Gasteiger partial charge is 0.508 e. The molecule has 0 bridgehead atoms. The monoisotopic (exact) mass is 232 g/mol. The first kappa shape index (κ1) is 12.5. The molecule has 0 spiro atoms. The van der Waals surface area contributed by atoms with Crippen LogP contribution in [0.3, 0.4) is 0 Å². The Kier molecular flexibility index (Phi) is 4.47. The van der Waals surface area contributed by atoms with Crippen LogP contribution in [0.2, 0.25) is 0 Å². The third-order valence-electron chi connectivity index (χ3n) is 4.05. The molecule has 0 radical (unpaired) electrons. The van der Waals surface area contributed by atoms with Crippen LogP contribution < -0.4 is 0 Å². The third kappa shape index (κ3) is 3.49. The van der Waals surface area contributed by atoms with E-state index >= 15 is 0 Å². The first-order valence-corrected chi connectivity index (χ1v) is 7.07. The maximum absolute atomic E-state index is 9.59. The van der Waals surface area contributed by atoms with Crippen LogP contribution in [0.5, 0.6) is 5.75 Å². The maximum atomic E-state index is 9.59. The van der Waals surface area contributed by atoms with Crippen LogP contribution in [-0.2, 0) is 0 Å². The molecule has 0 saturated heterocycles. The highest BCUT2D eigenvalue weighted by atomic mass is 16.3. The standard InChI is InChI=1S/C16H24O/c1-13-12-15(10-11-16(13)17)14-8-6-4-2-3-5-7-9-14/h10-12,14,17H,2-9H2,1H3. The minimum absolute atomic E-state index is 0.428. The molecule has 0 heterocycles. The van der Waals surface area contributed by atoms with Crippen molar-refractivity contribution in [2.45, 2.75) is 64.2 Å². The molecule has 1 heteroatoms. The number of benzene rings is 1. The molecule has 1 N–H and O–H groups in total. The number of aryl methyl sites for hydroxylation is 1. The van der Waals surface area contributed by atoms with Crippen LogP contribution in [0.1, 0.15) is 68.4 Å². The fraction of sp³-hybridized carbons (Fsp3) is 0.625. The number of phenolic OH excluding ortho intramolecular Hbond substituents is 1. The summed E-state index contributed by atoms with van der Waals surface area (Å²) in [7, 11) is 0. The van der Waals surface area contributed by atoms with Gasteiger partial charge in [0.05, 0.1) is 0 Å². The molecule has 1 saturated carbocycles.